The van der Waals surface area contributed by atoms with Gasteiger partial charge in [0.2, 0.25) is 0 Å². The van der Waals surface area contributed by atoms with Crippen molar-refractivity contribution < 1.29 is 0 Å². The predicted molar refractivity (Wildman–Crippen MR) is 83.5 cm³/mol. The van der Waals surface area contributed by atoms with Crippen molar-refractivity contribution in [3.8, 4) is 0 Å². The summed E-state index contributed by atoms with van der Waals surface area (Å²) >= 11 is 2.05. The van der Waals surface area contributed by atoms with Crippen LogP contribution in [0.1, 0.15) is 61.8 Å². The predicted octanol–water partition coefficient (Wildman–Crippen LogP) is 6.05. The van der Waals surface area contributed by atoms with E-state index >= 15 is 0 Å². The first-order valence-electron chi connectivity index (χ1n) is 6.82. The van der Waals surface area contributed by atoms with Crippen molar-refractivity contribution in [1.29, 1.82) is 0 Å². The number of hydrogen-bond acceptors (Lipinski definition) is 1. The first-order chi connectivity index (χ1) is 7.76. The van der Waals surface area contributed by atoms with Crippen molar-refractivity contribution in [2.45, 2.75) is 66.6 Å². The molecule has 0 nitrogen and oxygen atoms in total. The van der Waals surface area contributed by atoms with Crippen LogP contribution in [0.4, 0.5) is 0 Å². The summed E-state index contributed by atoms with van der Waals surface area (Å²) < 4.78 is 0.328. The van der Waals surface area contributed by atoms with Gasteiger partial charge in [-0.2, -0.15) is 0 Å². The van der Waals surface area contributed by atoms with Crippen LogP contribution in [0, 0.1) is 11.3 Å². The molecule has 0 spiro atoms. The summed E-state index contributed by atoms with van der Waals surface area (Å²) in [5.41, 5.74) is 0.325. The van der Waals surface area contributed by atoms with Crippen molar-refractivity contribution in [2.24, 2.45) is 11.3 Å². The molecule has 1 aliphatic carbocycles. The van der Waals surface area contributed by atoms with Gasteiger partial charge in [-0.15, -0.1) is 11.8 Å². The Kier molecular flexibility index (Phi) is 6.61. The third kappa shape index (κ3) is 4.91. The fourth-order valence-electron chi connectivity index (χ4n) is 1.42. The van der Waals surface area contributed by atoms with E-state index in [1.54, 1.807) is 0 Å². The minimum absolute atomic E-state index is 0.325. The molecule has 0 fully saturated rings. The standard InChI is InChI=1S/C14H24S.C2H6/c1-11(2)14(5,6)15-12-9-7-8-10-13(12,3)4;1-2/h7-9,11H,10H2,1-6H3;1-2H3. The molecule has 100 valence electrons. The summed E-state index contributed by atoms with van der Waals surface area (Å²) in [5.74, 6) is 0.699. The van der Waals surface area contributed by atoms with E-state index in [1.165, 1.54) is 11.3 Å². The van der Waals surface area contributed by atoms with Gasteiger partial charge in [-0.1, -0.05) is 73.6 Å². The molecule has 1 heteroatoms. The van der Waals surface area contributed by atoms with Crippen LogP contribution < -0.4 is 0 Å². The van der Waals surface area contributed by atoms with Crippen LogP contribution in [0.15, 0.2) is 23.1 Å². The molecular formula is C16H30S. The van der Waals surface area contributed by atoms with Crippen LogP contribution >= 0.6 is 11.8 Å². The Morgan fingerprint density at radius 1 is 1.24 bits per heavy atom. The van der Waals surface area contributed by atoms with Crippen molar-refractivity contribution in [3.63, 3.8) is 0 Å². The molecular weight excluding hydrogens is 224 g/mol. The summed E-state index contributed by atoms with van der Waals surface area (Å²) in [5, 5.41) is 0. The molecule has 0 aliphatic heterocycles. The normalized spacial score (nSPS) is 18.5. The molecule has 0 saturated carbocycles. The lowest BCUT2D eigenvalue weighted by Gasteiger charge is -2.36. The average molecular weight is 254 g/mol. The second-order valence-corrected chi connectivity index (χ2v) is 7.60. The van der Waals surface area contributed by atoms with Gasteiger partial charge in [0.15, 0.2) is 0 Å². The molecule has 0 aromatic carbocycles. The largest absolute Gasteiger partial charge is 0.124 e. The van der Waals surface area contributed by atoms with Gasteiger partial charge in [-0.05, 0) is 22.7 Å². The van der Waals surface area contributed by atoms with Gasteiger partial charge in [0.05, 0.1) is 0 Å². The number of rotatable bonds is 3. The summed E-state index contributed by atoms with van der Waals surface area (Å²) in [6.07, 6.45) is 7.93. The highest BCUT2D eigenvalue weighted by Gasteiger charge is 2.31. The molecule has 1 rings (SSSR count). The molecule has 0 N–H and O–H groups in total. The van der Waals surface area contributed by atoms with E-state index in [0.29, 0.717) is 16.1 Å². The van der Waals surface area contributed by atoms with E-state index in [1.807, 2.05) is 25.6 Å². The molecule has 0 radical (unpaired) electrons. The highest BCUT2D eigenvalue weighted by molar-refractivity contribution is 8.04. The summed E-state index contributed by atoms with van der Waals surface area (Å²) in [7, 11) is 0. The van der Waals surface area contributed by atoms with E-state index in [9.17, 15) is 0 Å². The SMILES string of the molecule is CC.CC(C)C(C)(C)SC1=CC=CCC1(C)C. The maximum atomic E-state index is 2.34. The van der Waals surface area contributed by atoms with Gasteiger partial charge in [-0.25, -0.2) is 0 Å². The summed E-state index contributed by atoms with van der Waals surface area (Å²) in [6, 6.07) is 0. The van der Waals surface area contributed by atoms with Gasteiger partial charge in [-0.3, -0.25) is 0 Å². The Morgan fingerprint density at radius 2 is 1.76 bits per heavy atom. The lowest BCUT2D eigenvalue weighted by Crippen LogP contribution is -2.26. The molecule has 0 unspecified atom stereocenters. The third-order valence-corrected chi connectivity index (χ3v) is 5.35. The Balaban J connectivity index is 0.00000121. The van der Waals surface area contributed by atoms with Crippen LogP contribution in [0.2, 0.25) is 0 Å². The quantitative estimate of drug-likeness (QED) is 0.590. The van der Waals surface area contributed by atoms with E-state index in [0.717, 1.165) is 0 Å². The Bertz CT molecular complexity index is 280. The Labute approximate surface area is 113 Å². The van der Waals surface area contributed by atoms with E-state index in [2.05, 4.69) is 59.8 Å². The molecule has 0 aromatic heterocycles. The van der Waals surface area contributed by atoms with Crippen molar-refractivity contribution in [3.05, 3.63) is 23.1 Å². The van der Waals surface area contributed by atoms with Crippen molar-refractivity contribution in [1.82, 2.24) is 0 Å². The van der Waals surface area contributed by atoms with Gasteiger partial charge >= 0.3 is 0 Å². The average Bonchev–Trinajstić information content (AvgIpc) is 2.24. The maximum absolute atomic E-state index is 2.34. The monoisotopic (exact) mass is 254 g/mol. The minimum atomic E-state index is 0.325. The molecule has 1 aliphatic rings. The highest BCUT2D eigenvalue weighted by atomic mass is 32.2. The second-order valence-electron chi connectivity index (χ2n) is 5.91. The zero-order chi connectivity index (χ0) is 13.7. The van der Waals surface area contributed by atoms with Gasteiger partial charge in [0, 0.05) is 4.75 Å². The fourth-order valence-corrected chi connectivity index (χ4v) is 2.73. The first-order valence-corrected chi connectivity index (χ1v) is 7.64. The molecule has 0 saturated heterocycles. The molecule has 0 atom stereocenters. The molecule has 0 amide bonds. The lowest BCUT2D eigenvalue weighted by atomic mass is 9.86. The molecule has 0 bridgehead atoms. The van der Waals surface area contributed by atoms with Crippen molar-refractivity contribution >= 4 is 11.8 Å². The van der Waals surface area contributed by atoms with E-state index in [-0.39, 0.29) is 0 Å². The smallest absolute Gasteiger partial charge is 0.0170 e. The van der Waals surface area contributed by atoms with Crippen LogP contribution in [-0.2, 0) is 0 Å². The van der Waals surface area contributed by atoms with Crippen LogP contribution in [0.3, 0.4) is 0 Å². The maximum Gasteiger partial charge on any atom is 0.0170 e. The van der Waals surface area contributed by atoms with Gasteiger partial charge in [0.25, 0.3) is 0 Å². The topological polar surface area (TPSA) is 0 Å². The van der Waals surface area contributed by atoms with Crippen LogP contribution in [-0.4, -0.2) is 4.75 Å². The number of allylic oxidation sites excluding steroid dienone is 4. The first kappa shape index (κ1) is 16.8. The highest BCUT2D eigenvalue weighted by Crippen LogP contribution is 2.47. The number of thioether (sulfide) groups is 1. The van der Waals surface area contributed by atoms with Gasteiger partial charge < -0.3 is 0 Å². The van der Waals surface area contributed by atoms with E-state index in [4.69, 9.17) is 0 Å². The summed E-state index contributed by atoms with van der Waals surface area (Å²) in [4.78, 5) is 1.53. The van der Waals surface area contributed by atoms with Crippen molar-refractivity contribution in [2.75, 3.05) is 0 Å². The van der Waals surface area contributed by atoms with Crippen LogP contribution in [0.5, 0.6) is 0 Å². The lowest BCUT2D eigenvalue weighted by molar-refractivity contribution is 0.465. The zero-order valence-electron chi connectivity index (χ0n) is 12.9. The fraction of sp³-hybridized carbons (Fsp3) is 0.750. The third-order valence-electron chi connectivity index (χ3n) is 3.44. The Hall–Kier alpha value is -0.170. The minimum Gasteiger partial charge on any atom is -0.124 e. The Morgan fingerprint density at radius 3 is 2.18 bits per heavy atom. The number of hydrogen-bond donors (Lipinski definition) is 0. The van der Waals surface area contributed by atoms with Crippen LogP contribution in [0.25, 0.3) is 0 Å². The van der Waals surface area contributed by atoms with Gasteiger partial charge in [0.1, 0.15) is 0 Å². The second kappa shape index (κ2) is 6.68. The molecule has 0 aromatic rings. The summed E-state index contributed by atoms with van der Waals surface area (Å²) in [6.45, 7) is 18.0. The zero-order valence-corrected chi connectivity index (χ0v) is 13.7. The van der Waals surface area contributed by atoms with E-state index < -0.39 is 0 Å². The molecule has 0 heterocycles. The molecule has 17 heavy (non-hydrogen) atoms.